The summed E-state index contributed by atoms with van der Waals surface area (Å²) in [5, 5.41) is 4.71. The van der Waals surface area contributed by atoms with Crippen molar-refractivity contribution in [1.29, 1.82) is 0 Å². The maximum absolute atomic E-state index is 4.60. The molecule has 112 valence electrons. The van der Waals surface area contributed by atoms with Crippen LogP contribution in [-0.2, 0) is 6.54 Å². The lowest BCUT2D eigenvalue weighted by Gasteiger charge is -2.34. The van der Waals surface area contributed by atoms with E-state index < -0.39 is 0 Å². The minimum Gasteiger partial charge on any atom is -0.317 e. The normalized spacial score (nSPS) is 16.7. The summed E-state index contributed by atoms with van der Waals surface area (Å²) in [6.45, 7) is 6.78. The van der Waals surface area contributed by atoms with Crippen LogP contribution in [0.15, 0.2) is 36.5 Å². The summed E-state index contributed by atoms with van der Waals surface area (Å²) in [4.78, 5) is 7.25. The van der Waals surface area contributed by atoms with Crippen molar-refractivity contribution in [3.8, 4) is 0 Å². The lowest BCUT2D eigenvalue weighted by Crippen LogP contribution is -2.43. The summed E-state index contributed by atoms with van der Waals surface area (Å²) in [5.74, 6) is 0. The van der Waals surface area contributed by atoms with Crippen molar-refractivity contribution in [2.75, 3.05) is 19.6 Å². The van der Waals surface area contributed by atoms with Crippen LogP contribution in [0.1, 0.15) is 31.7 Å². The summed E-state index contributed by atoms with van der Waals surface area (Å²) in [5.41, 5.74) is 2.42. The third kappa shape index (κ3) is 3.60. The Labute approximate surface area is 127 Å². The highest BCUT2D eigenvalue weighted by Crippen LogP contribution is 2.18. The number of nitrogens with one attached hydrogen (secondary N) is 1. The number of piperidine rings is 1. The van der Waals surface area contributed by atoms with Crippen LogP contribution in [0.25, 0.3) is 10.9 Å². The Morgan fingerprint density at radius 2 is 2.05 bits per heavy atom. The molecule has 0 atom stereocenters. The highest BCUT2D eigenvalue weighted by molar-refractivity contribution is 5.78. The molecule has 1 aliphatic heterocycles. The zero-order chi connectivity index (χ0) is 14.5. The van der Waals surface area contributed by atoms with Gasteiger partial charge in [-0.15, -0.1) is 0 Å². The zero-order valence-corrected chi connectivity index (χ0v) is 12.9. The van der Waals surface area contributed by atoms with Gasteiger partial charge < -0.3 is 5.32 Å². The number of rotatable bonds is 5. The lowest BCUT2D eigenvalue weighted by atomic mass is 10.0. The average Bonchev–Trinajstić information content (AvgIpc) is 2.55. The van der Waals surface area contributed by atoms with Crippen molar-refractivity contribution >= 4 is 10.9 Å². The average molecular weight is 283 g/mol. The van der Waals surface area contributed by atoms with Gasteiger partial charge in [0.2, 0.25) is 0 Å². The first-order chi connectivity index (χ1) is 10.4. The molecule has 21 heavy (non-hydrogen) atoms. The molecule has 1 N–H and O–H groups in total. The first kappa shape index (κ1) is 14.5. The van der Waals surface area contributed by atoms with E-state index in [1.807, 2.05) is 12.3 Å². The van der Waals surface area contributed by atoms with E-state index in [1.165, 1.54) is 36.8 Å². The molecule has 1 aromatic carbocycles. The van der Waals surface area contributed by atoms with Gasteiger partial charge in [-0.2, -0.15) is 0 Å². The van der Waals surface area contributed by atoms with E-state index in [-0.39, 0.29) is 0 Å². The zero-order valence-electron chi connectivity index (χ0n) is 12.9. The third-order valence-electron chi connectivity index (χ3n) is 4.37. The molecule has 1 aliphatic rings. The Morgan fingerprint density at radius 3 is 2.86 bits per heavy atom. The number of aromatic nitrogens is 1. The van der Waals surface area contributed by atoms with Gasteiger partial charge in [-0.25, -0.2) is 0 Å². The molecule has 1 saturated heterocycles. The monoisotopic (exact) mass is 283 g/mol. The summed E-state index contributed by atoms with van der Waals surface area (Å²) in [7, 11) is 0. The van der Waals surface area contributed by atoms with E-state index in [1.54, 1.807) is 0 Å². The fraction of sp³-hybridized carbons (Fsp3) is 0.500. The molecule has 0 spiro atoms. The van der Waals surface area contributed by atoms with Crippen LogP contribution in [0.4, 0.5) is 0 Å². The molecule has 2 aromatic rings. The molecular formula is C18H25N3. The molecule has 3 nitrogen and oxygen atoms in total. The van der Waals surface area contributed by atoms with Crippen molar-refractivity contribution in [2.45, 2.75) is 38.8 Å². The molecule has 1 fully saturated rings. The maximum Gasteiger partial charge on any atom is 0.0702 e. The van der Waals surface area contributed by atoms with E-state index in [0.717, 1.165) is 31.2 Å². The Morgan fingerprint density at radius 1 is 1.24 bits per heavy atom. The Kier molecular flexibility index (Phi) is 4.84. The van der Waals surface area contributed by atoms with Crippen LogP contribution in [0.2, 0.25) is 0 Å². The van der Waals surface area contributed by atoms with Gasteiger partial charge >= 0.3 is 0 Å². The summed E-state index contributed by atoms with van der Waals surface area (Å²) < 4.78 is 0. The Bertz CT molecular complexity index is 575. The van der Waals surface area contributed by atoms with Crippen molar-refractivity contribution < 1.29 is 0 Å². The molecule has 0 radical (unpaired) electrons. The lowest BCUT2D eigenvalue weighted by molar-refractivity contribution is 0.154. The summed E-state index contributed by atoms with van der Waals surface area (Å²) in [6, 6.07) is 11.4. The highest BCUT2D eigenvalue weighted by Gasteiger charge is 2.20. The number of nitrogens with zero attached hydrogens (tertiary/aromatic N) is 2. The van der Waals surface area contributed by atoms with Crippen LogP contribution in [0.3, 0.4) is 0 Å². The van der Waals surface area contributed by atoms with Gasteiger partial charge in [-0.05, 0) is 56.6 Å². The molecule has 0 unspecified atom stereocenters. The number of benzene rings is 1. The number of hydrogen-bond acceptors (Lipinski definition) is 3. The molecule has 3 rings (SSSR count). The Hall–Kier alpha value is -1.45. The van der Waals surface area contributed by atoms with E-state index >= 15 is 0 Å². The smallest absolute Gasteiger partial charge is 0.0702 e. The van der Waals surface area contributed by atoms with Crippen molar-refractivity contribution in [3.05, 3.63) is 42.1 Å². The fourth-order valence-electron chi connectivity index (χ4n) is 3.29. The van der Waals surface area contributed by atoms with Crippen LogP contribution in [0, 0.1) is 0 Å². The second-order valence-electron chi connectivity index (χ2n) is 5.99. The van der Waals surface area contributed by atoms with Crippen molar-refractivity contribution in [3.63, 3.8) is 0 Å². The van der Waals surface area contributed by atoms with E-state index in [9.17, 15) is 0 Å². The predicted molar refractivity (Wildman–Crippen MR) is 88.3 cm³/mol. The van der Waals surface area contributed by atoms with Crippen LogP contribution in [-0.4, -0.2) is 35.6 Å². The van der Waals surface area contributed by atoms with Gasteiger partial charge in [-0.1, -0.05) is 25.1 Å². The molecule has 0 aliphatic carbocycles. The molecule has 3 heteroatoms. The largest absolute Gasteiger partial charge is 0.317 e. The van der Waals surface area contributed by atoms with Gasteiger partial charge in [0.1, 0.15) is 0 Å². The number of fused-ring (bicyclic) bond motifs is 1. The number of para-hydroxylation sites is 1. The highest BCUT2D eigenvalue weighted by atomic mass is 15.2. The molecule has 0 amide bonds. The standard InChI is InChI=1S/C18H25N3/c1-2-11-21(17-7-9-19-10-8-17)14-15-12-16-5-3-4-6-18(16)20-13-15/h3-6,12-13,17,19H,2,7-11,14H2,1H3. The van der Waals surface area contributed by atoms with E-state index in [2.05, 4.69) is 46.4 Å². The second-order valence-corrected chi connectivity index (χ2v) is 5.99. The van der Waals surface area contributed by atoms with Crippen LogP contribution < -0.4 is 5.32 Å². The molecule has 2 heterocycles. The minimum absolute atomic E-state index is 0.720. The summed E-state index contributed by atoms with van der Waals surface area (Å²) >= 11 is 0. The SMILES string of the molecule is CCCN(Cc1cnc2ccccc2c1)C1CCNCC1. The van der Waals surface area contributed by atoms with Gasteiger partial charge in [0.05, 0.1) is 5.52 Å². The second kappa shape index (κ2) is 7.01. The van der Waals surface area contributed by atoms with E-state index in [0.29, 0.717) is 0 Å². The maximum atomic E-state index is 4.60. The predicted octanol–water partition coefficient (Wildman–Crippen LogP) is 3.20. The van der Waals surface area contributed by atoms with Gasteiger partial charge in [-0.3, -0.25) is 9.88 Å². The first-order valence-corrected chi connectivity index (χ1v) is 8.15. The molecule has 0 bridgehead atoms. The molecule has 1 aromatic heterocycles. The molecular weight excluding hydrogens is 258 g/mol. The van der Waals surface area contributed by atoms with Gasteiger partial charge in [0.25, 0.3) is 0 Å². The Balaban J connectivity index is 1.76. The van der Waals surface area contributed by atoms with Gasteiger partial charge in [0, 0.05) is 24.2 Å². The van der Waals surface area contributed by atoms with Crippen molar-refractivity contribution in [2.24, 2.45) is 0 Å². The number of pyridine rings is 1. The van der Waals surface area contributed by atoms with Crippen LogP contribution >= 0.6 is 0 Å². The fourth-order valence-corrected chi connectivity index (χ4v) is 3.29. The summed E-state index contributed by atoms with van der Waals surface area (Å²) in [6.07, 6.45) is 5.79. The topological polar surface area (TPSA) is 28.2 Å². The van der Waals surface area contributed by atoms with Crippen molar-refractivity contribution in [1.82, 2.24) is 15.2 Å². The molecule has 0 saturated carbocycles. The first-order valence-electron chi connectivity index (χ1n) is 8.15. The van der Waals surface area contributed by atoms with E-state index in [4.69, 9.17) is 0 Å². The van der Waals surface area contributed by atoms with Gasteiger partial charge in [0.15, 0.2) is 0 Å². The number of hydrogen-bond donors (Lipinski definition) is 1. The minimum atomic E-state index is 0.720. The van der Waals surface area contributed by atoms with Crippen LogP contribution in [0.5, 0.6) is 0 Å². The quantitative estimate of drug-likeness (QED) is 0.913. The third-order valence-corrected chi connectivity index (χ3v) is 4.37.